The van der Waals surface area contributed by atoms with Crippen molar-refractivity contribution in [1.29, 1.82) is 5.26 Å². The second-order valence-electron chi connectivity index (χ2n) is 6.92. The van der Waals surface area contributed by atoms with E-state index < -0.39 is 0 Å². The molecule has 0 radical (unpaired) electrons. The summed E-state index contributed by atoms with van der Waals surface area (Å²) in [5.74, 6) is 1.05. The Labute approximate surface area is 153 Å². The van der Waals surface area contributed by atoms with Crippen LogP contribution in [0.2, 0.25) is 0 Å². The van der Waals surface area contributed by atoms with E-state index in [1.807, 2.05) is 36.9 Å². The predicted molar refractivity (Wildman–Crippen MR) is 102 cm³/mol. The van der Waals surface area contributed by atoms with Crippen molar-refractivity contribution >= 4 is 28.6 Å². The molecule has 1 fully saturated rings. The summed E-state index contributed by atoms with van der Waals surface area (Å²) in [6, 6.07) is 8.24. The minimum absolute atomic E-state index is 0.142. The van der Waals surface area contributed by atoms with Crippen LogP contribution >= 0.6 is 11.8 Å². The number of thioether (sulfide) groups is 1. The van der Waals surface area contributed by atoms with Crippen molar-refractivity contribution in [3.05, 3.63) is 34.9 Å². The molecule has 1 amide bonds. The Hall–Kier alpha value is -2.06. The molecule has 4 nitrogen and oxygen atoms in total. The zero-order valence-electron chi connectivity index (χ0n) is 15.0. The number of carbonyl (C=O) groups is 1. The number of benzene rings is 1. The molecule has 0 spiro atoms. The van der Waals surface area contributed by atoms with Crippen LogP contribution < -0.4 is 0 Å². The largest absolute Gasteiger partial charge is 0.342 e. The van der Waals surface area contributed by atoms with E-state index >= 15 is 0 Å². The van der Waals surface area contributed by atoms with Crippen LogP contribution in [0.1, 0.15) is 36.5 Å². The van der Waals surface area contributed by atoms with E-state index in [2.05, 4.69) is 13.0 Å². The third kappa shape index (κ3) is 3.80. The van der Waals surface area contributed by atoms with Gasteiger partial charge in [0.2, 0.25) is 5.91 Å². The molecule has 2 aromatic rings. The number of aryl methyl sites for hydroxylation is 2. The van der Waals surface area contributed by atoms with Gasteiger partial charge in [-0.1, -0.05) is 30.8 Å². The zero-order chi connectivity index (χ0) is 18.0. The van der Waals surface area contributed by atoms with Crippen LogP contribution in [0.25, 0.3) is 10.9 Å². The van der Waals surface area contributed by atoms with Crippen LogP contribution in [0.4, 0.5) is 0 Å². The number of pyridine rings is 1. The topological polar surface area (TPSA) is 57.0 Å². The molecule has 1 aliphatic rings. The highest BCUT2D eigenvalue weighted by molar-refractivity contribution is 8.00. The van der Waals surface area contributed by atoms with E-state index in [4.69, 9.17) is 4.98 Å². The van der Waals surface area contributed by atoms with Gasteiger partial charge in [0.25, 0.3) is 0 Å². The lowest BCUT2D eigenvalue weighted by Crippen LogP contribution is -2.40. The maximum atomic E-state index is 12.5. The van der Waals surface area contributed by atoms with Crippen LogP contribution in [-0.2, 0) is 4.79 Å². The predicted octanol–water partition coefficient (Wildman–Crippen LogP) is 4.07. The minimum atomic E-state index is 0.142. The Bertz CT molecular complexity index is 856. The number of likely N-dealkylation sites (tertiary alicyclic amines) is 1. The molecule has 0 saturated carbocycles. The summed E-state index contributed by atoms with van der Waals surface area (Å²) in [5, 5.41) is 11.2. The summed E-state index contributed by atoms with van der Waals surface area (Å²) >= 11 is 1.38. The van der Waals surface area contributed by atoms with E-state index in [-0.39, 0.29) is 5.91 Å². The fourth-order valence-electron chi connectivity index (χ4n) is 3.34. The Kier molecular flexibility index (Phi) is 5.29. The van der Waals surface area contributed by atoms with Gasteiger partial charge >= 0.3 is 0 Å². The van der Waals surface area contributed by atoms with Crippen molar-refractivity contribution in [1.82, 2.24) is 9.88 Å². The first-order valence-corrected chi connectivity index (χ1v) is 9.69. The fraction of sp³-hybridized carbons (Fsp3) is 0.450. The maximum Gasteiger partial charge on any atom is 0.232 e. The molecule has 0 bridgehead atoms. The summed E-state index contributed by atoms with van der Waals surface area (Å²) in [5.41, 5.74) is 3.66. The Morgan fingerprint density at radius 2 is 2.16 bits per heavy atom. The number of aromatic nitrogens is 1. The van der Waals surface area contributed by atoms with E-state index in [0.717, 1.165) is 41.5 Å². The van der Waals surface area contributed by atoms with Gasteiger partial charge in [0.05, 0.1) is 16.8 Å². The number of amides is 1. The van der Waals surface area contributed by atoms with Crippen molar-refractivity contribution in [2.75, 3.05) is 18.8 Å². The van der Waals surface area contributed by atoms with Crippen molar-refractivity contribution in [3.8, 4) is 6.07 Å². The standard InChI is InChI=1S/C20H23N3OS/c1-13-5-4-8-23(11-13)18(24)12-25-20-16(10-21)9-17-14(2)6-7-15(3)19(17)22-20/h6-7,9,13H,4-5,8,11-12H2,1-3H3/t13-/m0/s1. The monoisotopic (exact) mass is 353 g/mol. The van der Waals surface area contributed by atoms with Gasteiger partial charge in [-0.05, 0) is 49.8 Å². The lowest BCUT2D eigenvalue weighted by atomic mass is 10.0. The first kappa shape index (κ1) is 17.8. The van der Waals surface area contributed by atoms with Gasteiger partial charge in [-0.3, -0.25) is 4.79 Å². The molecule has 0 N–H and O–H groups in total. The van der Waals surface area contributed by atoms with Crippen molar-refractivity contribution in [2.24, 2.45) is 5.92 Å². The average molecular weight is 353 g/mol. The van der Waals surface area contributed by atoms with Crippen LogP contribution in [0, 0.1) is 31.1 Å². The molecular weight excluding hydrogens is 330 g/mol. The lowest BCUT2D eigenvalue weighted by molar-refractivity contribution is -0.130. The highest BCUT2D eigenvalue weighted by Crippen LogP contribution is 2.28. The molecule has 1 saturated heterocycles. The van der Waals surface area contributed by atoms with Crippen LogP contribution in [0.5, 0.6) is 0 Å². The van der Waals surface area contributed by atoms with E-state index in [1.54, 1.807) is 0 Å². The number of nitrogens with zero attached hydrogens (tertiary/aromatic N) is 3. The first-order valence-electron chi connectivity index (χ1n) is 8.71. The molecule has 25 heavy (non-hydrogen) atoms. The second kappa shape index (κ2) is 7.45. The summed E-state index contributed by atoms with van der Waals surface area (Å²) < 4.78 is 0. The van der Waals surface area contributed by atoms with E-state index in [0.29, 0.717) is 22.3 Å². The minimum Gasteiger partial charge on any atom is -0.342 e. The van der Waals surface area contributed by atoms with Gasteiger partial charge in [-0.25, -0.2) is 4.98 Å². The van der Waals surface area contributed by atoms with Crippen molar-refractivity contribution < 1.29 is 4.79 Å². The Morgan fingerprint density at radius 1 is 1.40 bits per heavy atom. The van der Waals surface area contributed by atoms with Gasteiger partial charge in [0.15, 0.2) is 0 Å². The molecule has 2 heterocycles. The van der Waals surface area contributed by atoms with Crippen LogP contribution in [0.15, 0.2) is 23.2 Å². The highest BCUT2D eigenvalue weighted by atomic mass is 32.2. The molecule has 0 aliphatic carbocycles. The molecule has 1 aliphatic heterocycles. The number of hydrogen-bond donors (Lipinski definition) is 0. The molecule has 1 aromatic carbocycles. The smallest absolute Gasteiger partial charge is 0.232 e. The Balaban J connectivity index is 1.82. The van der Waals surface area contributed by atoms with Gasteiger partial charge in [0, 0.05) is 18.5 Å². The maximum absolute atomic E-state index is 12.5. The quantitative estimate of drug-likeness (QED) is 0.781. The SMILES string of the molecule is Cc1ccc(C)c2nc(SCC(=O)N3CCC[C@H](C)C3)c(C#N)cc12. The normalized spacial score (nSPS) is 17.5. The van der Waals surface area contributed by atoms with Crippen LogP contribution in [0.3, 0.4) is 0 Å². The second-order valence-corrected chi connectivity index (χ2v) is 7.89. The zero-order valence-corrected chi connectivity index (χ0v) is 15.8. The number of carbonyl (C=O) groups excluding carboxylic acids is 1. The third-order valence-electron chi connectivity index (χ3n) is 4.83. The number of fused-ring (bicyclic) bond motifs is 1. The fourth-order valence-corrected chi connectivity index (χ4v) is 4.20. The van der Waals surface area contributed by atoms with Crippen molar-refractivity contribution in [2.45, 2.75) is 38.6 Å². The summed E-state index contributed by atoms with van der Waals surface area (Å²) in [6.45, 7) is 7.93. The molecule has 3 rings (SSSR count). The van der Waals surface area contributed by atoms with Crippen molar-refractivity contribution in [3.63, 3.8) is 0 Å². The van der Waals surface area contributed by atoms with Gasteiger partial charge in [-0.15, -0.1) is 0 Å². The average Bonchev–Trinajstić information content (AvgIpc) is 2.62. The number of nitriles is 1. The summed E-state index contributed by atoms with van der Waals surface area (Å²) in [7, 11) is 0. The molecule has 1 atom stereocenters. The van der Waals surface area contributed by atoms with E-state index in [9.17, 15) is 10.1 Å². The van der Waals surface area contributed by atoms with Gasteiger partial charge in [0.1, 0.15) is 11.1 Å². The molecular formula is C20H23N3OS. The third-order valence-corrected chi connectivity index (χ3v) is 5.81. The summed E-state index contributed by atoms with van der Waals surface area (Å²) in [6.07, 6.45) is 2.27. The molecule has 0 unspecified atom stereocenters. The highest BCUT2D eigenvalue weighted by Gasteiger charge is 2.21. The number of rotatable bonds is 3. The summed E-state index contributed by atoms with van der Waals surface area (Å²) in [4.78, 5) is 19.2. The molecule has 130 valence electrons. The van der Waals surface area contributed by atoms with E-state index in [1.165, 1.54) is 18.2 Å². The number of hydrogen-bond acceptors (Lipinski definition) is 4. The molecule has 1 aromatic heterocycles. The van der Waals surface area contributed by atoms with Crippen LogP contribution in [-0.4, -0.2) is 34.6 Å². The molecule has 5 heteroatoms. The number of piperidine rings is 1. The lowest BCUT2D eigenvalue weighted by Gasteiger charge is -2.30. The first-order chi connectivity index (χ1) is 12.0. The van der Waals surface area contributed by atoms with Gasteiger partial charge < -0.3 is 4.90 Å². The Morgan fingerprint density at radius 3 is 2.88 bits per heavy atom. The van der Waals surface area contributed by atoms with Gasteiger partial charge in [-0.2, -0.15) is 5.26 Å².